The normalized spacial score (nSPS) is 14.0. The van der Waals surface area contributed by atoms with Crippen molar-refractivity contribution in [1.82, 2.24) is 0 Å². The van der Waals surface area contributed by atoms with Gasteiger partial charge < -0.3 is 0 Å². The third kappa shape index (κ3) is 4.41. The van der Waals surface area contributed by atoms with E-state index in [1.807, 2.05) is 0 Å². The third-order valence-electron chi connectivity index (χ3n) is 4.48. The topological polar surface area (TPSA) is 120 Å². The number of hydrogen-bond acceptors (Lipinski definition) is 6. The third-order valence-corrected chi connectivity index (χ3v) is 4.48. The van der Waals surface area contributed by atoms with Crippen molar-refractivity contribution in [2.75, 3.05) is 0 Å². The lowest BCUT2D eigenvalue weighted by atomic mass is 9.75. The average molecular weight is 370 g/mol. The Morgan fingerprint density at radius 3 is 1.93 bits per heavy atom. The Kier molecular flexibility index (Phi) is 6.12. The van der Waals surface area contributed by atoms with E-state index >= 15 is 0 Å². The molecule has 0 radical (unpaired) electrons. The fourth-order valence-corrected chi connectivity index (χ4v) is 3.08. The Morgan fingerprint density at radius 1 is 0.926 bits per heavy atom. The molecule has 0 amide bonds. The van der Waals surface area contributed by atoms with Crippen LogP contribution in [0, 0.1) is 26.1 Å². The molecule has 0 spiro atoms. The van der Waals surface area contributed by atoms with E-state index in [4.69, 9.17) is 0 Å². The Labute approximate surface area is 155 Å². The van der Waals surface area contributed by atoms with Crippen molar-refractivity contribution in [3.8, 4) is 0 Å². The van der Waals surface area contributed by atoms with E-state index in [-0.39, 0.29) is 11.3 Å². The van der Waals surface area contributed by atoms with Gasteiger partial charge >= 0.3 is 0 Å². The first-order chi connectivity index (χ1) is 12.7. The number of nitro groups is 2. The summed E-state index contributed by atoms with van der Waals surface area (Å²) >= 11 is 0. The fourth-order valence-electron chi connectivity index (χ4n) is 3.08. The summed E-state index contributed by atoms with van der Waals surface area (Å²) < 4.78 is 0. The summed E-state index contributed by atoms with van der Waals surface area (Å²) in [6.45, 7) is 2.54. The van der Waals surface area contributed by atoms with Gasteiger partial charge in [0.25, 0.3) is 5.69 Å². The maximum atomic E-state index is 13.0. The highest BCUT2D eigenvalue weighted by atomic mass is 16.6. The van der Waals surface area contributed by atoms with Crippen molar-refractivity contribution in [2.45, 2.75) is 25.8 Å². The molecule has 0 saturated heterocycles. The van der Waals surface area contributed by atoms with E-state index in [9.17, 15) is 29.8 Å². The fraction of sp³-hybridized carbons (Fsp3) is 0.263. The number of carbonyl (C=O) groups is 2. The molecule has 0 unspecified atom stereocenters. The molecule has 8 nitrogen and oxygen atoms in total. The van der Waals surface area contributed by atoms with Crippen molar-refractivity contribution in [1.29, 1.82) is 0 Å². The molecule has 0 saturated carbocycles. The second kappa shape index (κ2) is 8.31. The van der Waals surface area contributed by atoms with Gasteiger partial charge in [0.05, 0.1) is 16.8 Å². The molecular formula is C19H18N2O6. The molecule has 27 heavy (non-hydrogen) atoms. The average Bonchev–Trinajstić information content (AvgIpc) is 2.65. The van der Waals surface area contributed by atoms with E-state index in [0.29, 0.717) is 5.56 Å². The number of hydrogen-bond donors (Lipinski definition) is 0. The predicted octanol–water partition coefficient (Wildman–Crippen LogP) is 3.43. The molecule has 140 valence electrons. The largest absolute Gasteiger partial charge is 0.299 e. The molecule has 0 aliphatic heterocycles. The summed E-state index contributed by atoms with van der Waals surface area (Å²) in [5.74, 6) is -3.33. The number of carbonyl (C=O) groups excluding carboxylic acids is 2. The van der Waals surface area contributed by atoms with Crippen LogP contribution in [-0.2, 0) is 4.79 Å². The van der Waals surface area contributed by atoms with E-state index in [1.165, 1.54) is 38.1 Å². The summed E-state index contributed by atoms with van der Waals surface area (Å²) in [5.41, 5.74) is 0.425. The lowest BCUT2D eigenvalue weighted by Crippen LogP contribution is -2.37. The maximum absolute atomic E-state index is 13.0. The van der Waals surface area contributed by atoms with E-state index < -0.39 is 39.3 Å². The Morgan fingerprint density at radius 2 is 1.48 bits per heavy atom. The van der Waals surface area contributed by atoms with Crippen LogP contribution in [0.25, 0.3) is 0 Å². The summed E-state index contributed by atoms with van der Waals surface area (Å²) in [6.07, 6.45) is 0. The quantitative estimate of drug-likeness (QED) is 0.304. The van der Waals surface area contributed by atoms with Crippen LogP contribution in [0.3, 0.4) is 0 Å². The first-order valence-electron chi connectivity index (χ1n) is 8.21. The molecule has 3 atom stereocenters. The van der Waals surface area contributed by atoms with Crippen LogP contribution in [0.5, 0.6) is 0 Å². The van der Waals surface area contributed by atoms with Crippen molar-refractivity contribution < 1.29 is 19.4 Å². The number of rotatable bonds is 8. The first-order valence-corrected chi connectivity index (χ1v) is 8.21. The highest BCUT2D eigenvalue weighted by Crippen LogP contribution is 2.34. The monoisotopic (exact) mass is 370 g/mol. The molecule has 2 rings (SSSR count). The first kappa shape index (κ1) is 19.9. The van der Waals surface area contributed by atoms with Crippen molar-refractivity contribution in [2.24, 2.45) is 5.92 Å². The zero-order chi connectivity index (χ0) is 20.1. The zero-order valence-corrected chi connectivity index (χ0v) is 14.8. The number of nitrogens with zero attached hydrogens (tertiary/aromatic N) is 2. The standard InChI is InChI=1S/C19H18N2O6/c1-12(20(24)25)17(14-8-10-16(11-9-14)21(26)27)18(13(2)22)19(23)15-6-4-3-5-7-15/h3-12,17-18H,1-2H3/t12-,17+,18-/m1/s1. The summed E-state index contributed by atoms with van der Waals surface area (Å²) in [7, 11) is 0. The molecule has 0 aliphatic rings. The van der Waals surface area contributed by atoms with Crippen LogP contribution < -0.4 is 0 Å². The predicted molar refractivity (Wildman–Crippen MR) is 97.2 cm³/mol. The van der Waals surface area contributed by atoms with Gasteiger partial charge in [-0.2, -0.15) is 0 Å². The minimum absolute atomic E-state index is 0.181. The highest BCUT2D eigenvalue weighted by molar-refractivity contribution is 6.10. The smallest absolute Gasteiger partial charge is 0.269 e. The van der Waals surface area contributed by atoms with E-state index in [2.05, 4.69) is 0 Å². The zero-order valence-electron chi connectivity index (χ0n) is 14.8. The molecule has 0 aromatic heterocycles. The van der Waals surface area contributed by atoms with Gasteiger partial charge in [-0.05, 0) is 12.5 Å². The van der Waals surface area contributed by atoms with Crippen LogP contribution >= 0.6 is 0 Å². The summed E-state index contributed by atoms with van der Waals surface area (Å²) in [6, 6.07) is 12.0. The summed E-state index contributed by atoms with van der Waals surface area (Å²) in [5, 5.41) is 22.3. The molecular weight excluding hydrogens is 352 g/mol. The number of benzene rings is 2. The summed E-state index contributed by atoms with van der Waals surface area (Å²) in [4.78, 5) is 46.4. The Balaban J connectivity index is 2.55. The van der Waals surface area contributed by atoms with E-state index in [0.717, 1.165) is 0 Å². The van der Waals surface area contributed by atoms with Gasteiger partial charge in [0.1, 0.15) is 5.78 Å². The van der Waals surface area contributed by atoms with Crippen molar-refractivity contribution in [3.05, 3.63) is 86.0 Å². The highest BCUT2D eigenvalue weighted by Gasteiger charge is 2.42. The van der Waals surface area contributed by atoms with Gasteiger partial charge in [0.15, 0.2) is 5.78 Å². The van der Waals surface area contributed by atoms with E-state index in [1.54, 1.807) is 30.3 Å². The second-order valence-electron chi connectivity index (χ2n) is 6.22. The molecule has 2 aromatic rings. The van der Waals surface area contributed by atoms with Crippen LogP contribution in [0.2, 0.25) is 0 Å². The van der Waals surface area contributed by atoms with Crippen LogP contribution in [-0.4, -0.2) is 27.5 Å². The van der Waals surface area contributed by atoms with Crippen LogP contribution in [0.15, 0.2) is 54.6 Å². The molecule has 0 heterocycles. The SMILES string of the molecule is CC(=O)[C@@H](C(=O)c1ccccc1)[C@H](c1ccc([N+](=O)[O-])cc1)[C@@H](C)[N+](=O)[O-]. The lowest BCUT2D eigenvalue weighted by Gasteiger charge is -2.25. The minimum Gasteiger partial charge on any atom is -0.299 e. The molecule has 0 fully saturated rings. The van der Waals surface area contributed by atoms with Gasteiger partial charge in [-0.15, -0.1) is 0 Å². The van der Waals surface area contributed by atoms with Gasteiger partial charge in [-0.3, -0.25) is 29.8 Å². The van der Waals surface area contributed by atoms with Gasteiger partial charge in [-0.25, -0.2) is 0 Å². The van der Waals surface area contributed by atoms with Crippen molar-refractivity contribution >= 4 is 17.3 Å². The number of ketones is 2. The number of nitro benzene ring substituents is 1. The van der Waals surface area contributed by atoms with Crippen LogP contribution in [0.4, 0.5) is 5.69 Å². The maximum Gasteiger partial charge on any atom is 0.269 e. The van der Waals surface area contributed by atoms with Gasteiger partial charge in [0.2, 0.25) is 6.04 Å². The Hall–Kier alpha value is -3.42. The molecule has 2 aromatic carbocycles. The molecule has 0 bridgehead atoms. The van der Waals surface area contributed by atoms with Gasteiger partial charge in [-0.1, -0.05) is 42.5 Å². The second-order valence-corrected chi connectivity index (χ2v) is 6.22. The molecule has 0 N–H and O–H groups in total. The molecule has 8 heteroatoms. The number of Topliss-reactive ketones (excluding diaryl/α,β-unsaturated/α-hetero) is 2. The molecule has 0 aliphatic carbocycles. The van der Waals surface area contributed by atoms with Crippen LogP contribution in [0.1, 0.15) is 35.7 Å². The minimum atomic E-state index is -1.27. The van der Waals surface area contributed by atoms with Gasteiger partial charge in [0, 0.05) is 29.5 Å². The lowest BCUT2D eigenvalue weighted by molar-refractivity contribution is -0.523. The Bertz CT molecular complexity index is 864. The number of non-ortho nitro benzene ring substituents is 1. The van der Waals surface area contributed by atoms with Crippen molar-refractivity contribution in [3.63, 3.8) is 0 Å².